The van der Waals surface area contributed by atoms with E-state index in [2.05, 4.69) is 16.4 Å². The van der Waals surface area contributed by atoms with Crippen LogP contribution >= 0.6 is 0 Å². The SMILES string of the molecule is C=CCC1(C(=O)OCC)CCC(N[S+]([O-])c2ccc(-n3cccn3)cc2)CC1. The van der Waals surface area contributed by atoms with Crippen LogP contribution in [-0.4, -0.2) is 33.0 Å². The highest BCUT2D eigenvalue weighted by Crippen LogP contribution is 2.41. The molecule has 28 heavy (non-hydrogen) atoms. The Labute approximate surface area is 169 Å². The highest BCUT2D eigenvalue weighted by atomic mass is 32.2. The van der Waals surface area contributed by atoms with Crippen molar-refractivity contribution >= 4 is 17.3 Å². The third-order valence-corrected chi connectivity index (χ3v) is 6.53. The summed E-state index contributed by atoms with van der Waals surface area (Å²) >= 11 is -1.29. The van der Waals surface area contributed by atoms with Gasteiger partial charge in [-0.05, 0) is 69.4 Å². The Hall–Kier alpha value is -2.09. The summed E-state index contributed by atoms with van der Waals surface area (Å²) in [4.78, 5) is 13.2. The zero-order valence-electron chi connectivity index (χ0n) is 16.2. The maximum absolute atomic E-state index is 12.7. The summed E-state index contributed by atoms with van der Waals surface area (Å²) in [6.45, 7) is 6.01. The molecular formula is C21H27N3O3S. The maximum Gasteiger partial charge on any atom is 0.312 e. The van der Waals surface area contributed by atoms with Crippen LogP contribution in [-0.2, 0) is 20.9 Å². The molecule has 1 atom stereocenters. The summed E-state index contributed by atoms with van der Waals surface area (Å²) in [6.07, 6.45) is 8.99. The van der Waals surface area contributed by atoms with Crippen molar-refractivity contribution < 1.29 is 14.1 Å². The van der Waals surface area contributed by atoms with Gasteiger partial charge in [0.15, 0.2) is 4.90 Å². The van der Waals surface area contributed by atoms with Crippen molar-refractivity contribution in [1.29, 1.82) is 0 Å². The van der Waals surface area contributed by atoms with Crippen molar-refractivity contribution in [3.8, 4) is 5.69 Å². The summed E-state index contributed by atoms with van der Waals surface area (Å²) in [7, 11) is 0. The van der Waals surface area contributed by atoms with E-state index in [-0.39, 0.29) is 12.0 Å². The van der Waals surface area contributed by atoms with Crippen LogP contribution in [0.4, 0.5) is 0 Å². The standard InChI is InChI=1S/C21H27N3O3S/c1-3-12-21(20(25)27-4-2)13-10-17(11-14-21)23-28(26)19-8-6-18(7-9-19)24-16-5-15-22-24/h3,5-9,15-17,23H,1,4,10-14H2,2H3. The molecule has 0 bridgehead atoms. The number of rotatable bonds is 8. The average Bonchev–Trinajstić information content (AvgIpc) is 3.25. The fraction of sp³-hybridized carbons (Fsp3) is 0.429. The third-order valence-electron chi connectivity index (χ3n) is 5.28. The zero-order chi connectivity index (χ0) is 20.0. The predicted octanol–water partition coefficient (Wildman–Crippen LogP) is 3.55. The quantitative estimate of drug-likeness (QED) is 0.416. The number of hydrogen-bond donors (Lipinski definition) is 1. The molecule has 1 aromatic carbocycles. The fourth-order valence-electron chi connectivity index (χ4n) is 3.70. The smallest absolute Gasteiger partial charge is 0.312 e. The van der Waals surface area contributed by atoms with Gasteiger partial charge in [-0.1, -0.05) is 6.08 Å². The summed E-state index contributed by atoms with van der Waals surface area (Å²) in [5, 5.41) is 4.19. The topological polar surface area (TPSA) is 79.2 Å². The van der Waals surface area contributed by atoms with Crippen molar-refractivity contribution in [3.63, 3.8) is 0 Å². The normalized spacial score (nSPS) is 23.1. The lowest BCUT2D eigenvalue weighted by molar-refractivity contribution is -0.157. The second-order valence-corrected chi connectivity index (χ2v) is 8.34. The van der Waals surface area contributed by atoms with E-state index in [1.165, 1.54) is 0 Å². The number of ether oxygens (including phenoxy) is 1. The molecule has 0 spiro atoms. The van der Waals surface area contributed by atoms with Gasteiger partial charge in [-0.15, -0.1) is 11.3 Å². The molecule has 0 radical (unpaired) electrons. The van der Waals surface area contributed by atoms with Crippen LogP contribution in [0.25, 0.3) is 5.69 Å². The van der Waals surface area contributed by atoms with Crippen molar-refractivity contribution in [2.75, 3.05) is 6.61 Å². The summed E-state index contributed by atoms with van der Waals surface area (Å²) < 4.78 is 23.0. The van der Waals surface area contributed by atoms with Gasteiger partial charge in [0.25, 0.3) is 0 Å². The Morgan fingerprint density at radius 2 is 2.14 bits per heavy atom. The minimum Gasteiger partial charge on any atom is -0.593 e. The third kappa shape index (κ3) is 4.66. The Balaban J connectivity index is 1.57. The molecule has 0 aliphatic heterocycles. The molecule has 6 nitrogen and oxygen atoms in total. The lowest BCUT2D eigenvalue weighted by Crippen LogP contribution is -2.44. The number of hydrogen-bond acceptors (Lipinski definition) is 5. The molecule has 1 saturated carbocycles. The van der Waals surface area contributed by atoms with E-state index in [9.17, 15) is 9.35 Å². The number of nitrogens with one attached hydrogen (secondary N) is 1. The number of carbonyl (C=O) groups is 1. The Kier molecular flexibility index (Phi) is 6.93. The Morgan fingerprint density at radius 1 is 1.43 bits per heavy atom. The Bertz CT molecular complexity index is 769. The molecule has 0 saturated heterocycles. The van der Waals surface area contributed by atoms with Crippen molar-refractivity contribution in [2.24, 2.45) is 5.41 Å². The molecule has 3 rings (SSSR count). The second kappa shape index (κ2) is 9.41. The Morgan fingerprint density at radius 3 is 2.71 bits per heavy atom. The van der Waals surface area contributed by atoms with Gasteiger partial charge in [0.05, 0.1) is 35.1 Å². The molecule has 1 aliphatic carbocycles. The first kappa shape index (κ1) is 20.6. The summed E-state index contributed by atoms with van der Waals surface area (Å²) in [5.41, 5.74) is 0.440. The molecule has 1 unspecified atom stereocenters. The predicted molar refractivity (Wildman–Crippen MR) is 109 cm³/mol. The molecule has 1 N–H and O–H groups in total. The molecule has 0 amide bonds. The van der Waals surface area contributed by atoms with Gasteiger partial charge >= 0.3 is 5.97 Å². The van der Waals surface area contributed by atoms with Crippen molar-refractivity contribution in [2.45, 2.75) is 50.0 Å². The van der Waals surface area contributed by atoms with E-state index in [1.807, 2.05) is 43.5 Å². The first-order valence-corrected chi connectivity index (χ1v) is 10.8. The van der Waals surface area contributed by atoms with Gasteiger partial charge in [-0.25, -0.2) is 4.68 Å². The first-order valence-electron chi connectivity index (χ1n) is 9.64. The lowest BCUT2D eigenvalue weighted by Gasteiger charge is -2.37. The number of benzene rings is 1. The molecular weight excluding hydrogens is 374 g/mol. The van der Waals surface area contributed by atoms with E-state index in [0.29, 0.717) is 25.9 Å². The summed E-state index contributed by atoms with van der Waals surface area (Å²) in [5.74, 6) is -0.135. The summed E-state index contributed by atoms with van der Waals surface area (Å²) in [6, 6.07) is 9.48. The number of carbonyl (C=O) groups excluding carboxylic acids is 1. The van der Waals surface area contributed by atoms with Gasteiger partial charge in [-0.3, -0.25) is 4.79 Å². The van der Waals surface area contributed by atoms with E-state index >= 15 is 0 Å². The van der Waals surface area contributed by atoms with Crippen molar-refractivity contribution in [3.05, 3.63) is 55.4 Å². The van der Waals surface area contributed by atoms with Crippen LogP contribution < -0.4 is 4.72 Å². The second-order valence-electron chi connectivity index (χ2n) is 7.10. The van der Waals surface area contributed by atoms with Gasteiger partial charge in [0.2, 0.25) is 0 Å². The monoisotopic (exact) mass is 401 g/mol. The number of esters is 1. The van der Waals surface area contributed by atoms with Crippen LogP contribution in [0.1, 0.15) is 39.0 Å². The van der Waals surface area contributed by atoms with E-state index in [1.54, 1.807) is 17.0 Å². The zero-order valence-corrected chi connectivity index (χ0v) is 17.0. The first-order chi connectivity index (χ1) is 13.6. The molecule has 7 heteroatoms. The molecule has 1 heterocycles. The highest BCUT2D eigenvalue weighted by molar-refractivity contribution is 7.89. The van der Waals surface area contributed by atoms with E-state index in [0.717, 1.165) is 23.4 Å². The minimum atomic E-state index is -1.29. The minimum absolute atomic E-state index is 0.110. The molecule has 150 valence electrons. The van der Waals surface area contributed by atoms with E-state index < -0.39 is 16.8 Å². The van der Waals surface area contributed by atoms with Crippen LogP contribution in [0.5, 0.6) is 0 Å². The molecule has 1 aliphatic rings. The molecule has 1 fully saturated rings. The van der Waals surface area contributed by atoms with Crippen LogP contribution in [0.15, 0.2) is 60.3 Å². The lowest BCUT2D eigenvalue weighted by atomic mass is 9.70. The number of allylic oxidation sites excluding steroid dienone is 1. The van der Waals surface area contributed by atoms with Gasteiger partial charge < -0.3 is 9.29 Å². The van der Waals surface area contributed by atoms with Crippen molar-refractivity contribution in [1.82, 2.24) is 14.5 Å². The number of nitrogens with zero attached hydrogens (tertiary/aromatic N) is 2. The van der Waals surface area contributed by atoms with Crippen LogP contribution in [0.2, 0.25) is 0 Å². The highest BCUT2D eigenvalue weighted by Gasteiger charge is 2.42. The van der Waals surface area contributed by atoms with Gasteiger partial charge in [-0.2, -0.15) is 5.10 Å². The maximum atomic E-state index is 12.7. The number of aromatic nitrogens is 2. The van der Waals surface area contributed by atoms with Gasteiger partial charge in [0, 0.05) is 12.4 Å². The molecule has 2 aromatic rings. The van der Waals surface area contributed by atoms with Crippen LogP contribution in [0, 0.1) is 5.41 Å². The molecule has 1 aromatic heterocycles. The van der Waals surface area contributed by atoms with E-state index in [4.69, 9.17) is 4.74 Å². The van der Waals surface area contributed by atoms with Crippen LogP contribution in [0.3, 0.4) is 0 Å². The average molecular weight is 402 g/mol. The van der Waals surface area contributed by atoms with Gasteiger partial charge in [0.1, 0.15) is 0 Å². The fourth-order valence-corrected chi connectivity index (χ4v) is 4.76. The largest absolute Gasteiger partial charge is 0.593 e.